The lowest BCUT2D eigenvalue weighted by molar-refractivity contribution is 0.0513. The number of nitrogens with one attached hydrogen (secondary N) is 1. The highest BCUT2D eigenvalue weighted by molar-refractivity contribution is 5.20. The largest absolute Gasteiger partial charge is 0.311 e. The Bertz CT molecular complexity index is 441. The van der Waals surface area contributed by atoms with Gasteiger partial charge in [0, 0.05) is 31.2 Å². The lowest BCUT2D eigenvalue weighted by Gasteiger charge is -2.46. The maximum atomic E-state index is 13.1. The van der Waals surface area contributed by atoms with Crippen LogP contribution in [0.3, 0.4) is 0 Å². The molecule has 1 aromatic rings. The van der Waals surface area contributed by atoms with Crippen molar-refractivity contribution in [2.75, 3.05) is 13.1 Å². The highest BCUT2D eigenvalue weighted by atomic mass is 19.1. The molecular weight excluding hydrogens is 263 g/mol. The summed E-state index contributed by atoms with van der Waals surface area (Å²) in [4.78, 5) is 2.60. The summed E-state index contributed by atoms with van der Waals surface area (Å²) in [5, 5.41) is 3.69. The Hall–Kier alpha value is -0.930. The van der Waals surface area contributed by atoms with Crippen LogP contribution in [0.2, 0.25) is 0 Å². The van der Waals surface area contributed by atoms with Gasteiger partial charge in [-0.1, -0.05) is 39.8 Å². The van der Waals surface area contributed by atoms with Gasteiger partial charge in [-0.05, 0) is 36.5 Å². The van der Waals surface area contributed by atoms with Crippen LogP contribution < -0.4 is 5.32 Å². The normalized spacial score (nSPS) is 25.5. The minimum Gasteiger partial charge on any atom is -0.311 e. The molecular formula is C18H29FN2. The number of nitrogens with zero attached hydrogens (tertiary/aromatic N) is 1. The molecule has 0 spiro atoms. The van der Waals surface area contributed by atoms with Crippen LogP contribution in [0.5, 0.6) is 0 Å². The first-order chi connectivity index (χ1) is 9.90. The molecule has 2 rings (SSSR count). The van der Waals surface area contributed by atoms with Crippen LogP contribution in [0.1, 0.15) is 46.2 Å². The fourth-order valence-corrected chi connectivity index (χ4v) is 3.26. The third-order valence-corrected chi connectivity index (χ3v) is 4.85. The zero-order chi connectivity index (χ0) is 15.6. The van der Waals surface area contributed by atoms with Gasteiger partial charge < -0.3 is 5.32 Å². The summed E-state index contributed by atoms with van der Waals surface area (Å²) >= 11 is 0. The molecule has 118 valence electrons. The van der Waals surface area contributed by atoms with Gasteiger partial charge >= 0.3 is 0 Å². The van der Waals surface area contributed by atoms with Gasteiger partial charge in [0.1, 0.15) is 5.82 Å². The van der Waals surface area contributed by atoms with E-state index in [1.54, 1.807) is 12.1 Å². The molecule has 0 aliphatic carbocycles. The first-order valence-electron chi connectivity index (χ1n) is 8.14. The van der Waals surface area contributed by atoms with Crippen LogP contribution in [-0.4, -0.2) is 30.1 Å². The first-order valence-corrected chi connectivity index (χ1v) is 8.14. The van der Waals surface area contributed by atoms with Gasteiger partial charge in [0.05, 0.1) is 0 Å². The zero-order valence-electron chi connectivity index (χ0n) is 13.9. The number of hydrogen-bond donors (Lipinski definition) is 1. The van der Waals surface area contributed by atoms with Crippen molar-refractivity contribution in [1.29, 1.82) is 0 Å². The molecule has 1 aliphatic rings. The Morgan fingerprint density at radius 1 is 1.05 bits per heavy atom. The van der Waals surface area contributed by atoms with Crippen LogP contribution in [0, 0.1) is 17.7 Å². The minimum absolute atomic E-state index is 0.160. The molecule has 0 radical (unpaired) electrons. The van der Waals surface area contributed by atoms with E-state index in [2.05, 4.69) is 44.8 Å². The van der Waals surface area contributed by atoms with Crippen molar-refractivity contribution < 1.29 is 4.39 Å². The third-order valence-electron chi connectivity index (χ3n) is 4.85. The smallest absolute Gasteiger partial charge is 0.123 e. The van der Waals surface area contributed by atoms with E-state index in [0.29, 0.717) is 30.0 Å². The molecule has 3 unspecified atom stereocenters. The van der Waals surface area contributed by atoms with E-state index in [-0.39, 0.29) is 5.82 Å². The van der Waals surface area contributed by atoms with Crippen molar-refractivity contribution >= 4 is 0 Å². The Morgan fingerprint density at radius 3 is 2.19 bits per heavy atom. The van der Waals surface area contributed by atoms with Crippen molar-refractivity contribution in [3.8, 4) is 0 Å². The maximum Gasteiger partial charge on any atom is 0.123 e. The number of rotatable bonds is 4. The Morgan fingerprint density at radius 2 is 1.67 bits per heavy atom. The summed E-state index contributed by atoms with van der Waals surface area (Å²) in [7, 11) is 0. The maximum absolute atomic E-state index is 13.1. The van der Waals surface area contributed by atoms with Crippen molar-refractivity contribution in [1.82, 2.24) is 10.2 Å². The lowest BCUT2D eigenvalue weighted by atomic mass is 9.91. The van der Waals surface area contributed by atoms with Gasteiger partial charge in [-0.15, -0.1) is 0 Å². The number of halogens is 1. The van der Waals surface area contributed by atoms with E-state index in [1.807, 2.05) is 12.1 Å². The van der Waals surface area contributed by atoms with Crippen LogP contribution in [0.15, 0.2) is 24.3 Å². The summed E-state index contributed by atoms with van der Waals surface area (Å²) in [6, 6.07) is 8.36. The molecule has 0 bridgehead atoms. The summed E-state index contributed by atoms with van der Waals surface area (Å²) < 4.78 is 13.1. The van der Waals surface area contributed by atoms with Gasteiger partial charge in [-0.2, -0.15) is 0 Å². The molecule has 1 heterocycles. The summed E-state index contributed by atoms with van der Waals surface area (Å²) in [5.41, 5.74) is 1.20. The SMILES string of the molecule is CC(C)C1CN(C(C)c2ccc(F)cc2)C(C(C)C)CN1. The molecule has 0 saturated carbocycles. The fraction of sp³-hybridized carbons (Fsp3) is 0.667. The van der Waals surface area contributed by atoms with Gasteiger partial charge in [0.15, 0.2) is 0 Å². The lowest BCUT2D eigenvalue weighted by Crippen LogP contribution is -2.60. The quantitative estimate of drug-likeness (QED) is 0.907. The topological polar surface area (TPSA) is 15.3 Å². The van der Waals surface area contributed by atoms with Crippen LogP contribution in [0.4, 0.5) is 4.39 Å². The molecule has 3 atom stereocenters. The van der Waals surface area contributed by atoms with E-state index in [4.69, 9.17) is 0 Å². The number of benzene rings is 1. The monoisotopic (exact) mass is 292 g/mol. The second-order valence-corrected chi connectivity index (χ2v) is 6.99. The molecule has 1 aromatic carbocycles. The number of hydrogen-bond acceptors (Lipinski definition) is 2. The molecule has 21 heavy (non-hydrogen) atoms. The second kappa shape index (κ2) is 6.89. The summed E-state index contributed by atoms with van der Waals surface area (Å²) in [5.74, 6) is 1.07. The zero-order valence-corrected chi connectivity index (χ0v) is 13.9. The predicted octanol–water partition coefficient (Wildman–Crippen LogP) is 3.84. The third kappa shape index (κ3) is 3.83. The van der Waals surface area contributed by atoms with Crippen molar-refractivity contribution in [2.24, 2.45) is 11.8 Å². The van der Waals surface area contributed by atoms with Gasteiger partial charge in [-0.3, -0.25) is 4.90 Å². The second-order valence-electron chi connectivity index (χ2n) is 6.99. The van der Waals surface area contributed by atoms with Crippen LogP contribution in [-0.2, 0) is 0 Å². The van der Waals surface area contributed by atoms with E-state index in [9.17, 15) is 4.39 Å². The van der Waals surface area contributed by atoms with E-state index < -0.39 is 0 Å². The van der Waals surface area contributed by atoms with E-state index in [1.165, 1.54) is 5.56 Å². The average Bonchev–Trinajstić information content (AvgIpc) is 2.46. The van der Waals surface area contributed by atoms with Gasteiger partial charge in [-0.25, -0.2) is 4.39 Å². The van der Waals surface area contributed by atoms with Crippen LogP contribution in [0.25, 0.3) is 0 Å². The fourth-order valence-electron chi connectivity index (χ4n) is 3.26. The molecule has 2 nitrogen and oxygen atoms in total. The van der Waals surface area contributed by atoms with E-state index in [0.717, 1.165) is 13.1 Å². The van der Waals surface area contributed by atoms with Crippen molar-refractivity contribution in [3.63, 3.8) is 0 Å². The van der Waals surface area contributed by atoms with Crippen molar-refractivity contribution in [3.05, 3.63) is 35.6 Å². The van der Waals surface area contributed by atoms with Gasteiger partial charge in [0.25, 0.3) is 0 Å². The standard InChI is InChI=1S/C18H29FN2/c1-12(2)17-11-21(18(10-20-17)13(3)4)14(5)15-6-8-16(19)9-7-15/h6-9,12-14,17-18,20H,10-11H2,1-5H3. The van der Waals surface area contributed by atoms with E-state index >= 15 is 0 Å². The Labute approximate surface area is 128 Å². The number of piperazine rings is 1. The molecule has 3 heteroatoms. The Balaban J connectivity index is 2.20. The molecule has 1 fully saturated rings. The molecule has 0 aromatic heterocycles. The molecule has 1 aliphatic heterocycles. The highest BCUT2D eigenvalue weighted by Gasteiger charge is 2.34. The highest BCUT2D eigenvalue weighted by Crippen LogP contribution is 2.28. The molecule has 1 saturated heterocycles. The Kier molecular flexibility index (Phi) is 5.39. The van der Waals surface area contributed by atoms with Crippen molar-refractivity contribution in [2.45, 2.75) is 52.7 Å². The minimum atomic E-state index is -0.160. The first kappa shape index (κ1) is 16.4. The summed E-state index contributed by atoms with van der Waals surface area (Å²) in [6.45, 7) is 13.4. The predicted molar refractivity (Wildman–Crippen MR) is 86.8 cm³/mol. The average molecular weight is 292 g/mol. The summed E-state index contributed by atoms with van der Waals surface area (Å²) in [6.07, 6.45) is 0. The van der Waals surface area contributed by atoms with Crippen LogP contribution >= 0.6 is 0 Å². The van der Waals surface area contributed by atoms with Gasteiger partial charge in [0.2, 0.25) is 0 Å². The molecule has 0 amide bonds. The molecule has 1 N–H and O–H groups in total.